The average Bonchev–Trinajstić information content (AvgIpc) is 3.32. The minimum atomic E-state index is -0.0670. The monoisotopic (exact) mass is 376 g/mol. The van der Waals surface area contributed by atoms with Crippen molar-refractivity contribution in [2.24, 2.45) is 0 Å². The second-order valence-corrected chi connectivity index (χ2v) is 7.29. The van der Waals surface area contributed by atoms with Crippen LogP contribution < -0.4 is 4.74 Å². The summed E-state index contributed by atoms with van der Waals surface area (Å²) in [5.41, 5.74) is 1.15. The van der Waals surface area contributed by atoms with Crippen LogP contribution in [0.1, 0.15) is 36.2 Å². The molecule has 3 aromatic heterocycles. The Morgan fingerprint density at radius 2 is 1.96 bits per heavy atom. The standard InChI is InChI=1S/C21H20N4O3/c26-21(18-12-19(28-24-18)14-4-3-8-22-13-14)25-15-6-7-16(25)11-17(10-15)27-20-5-1-2-9-23-20/h1-5,8-9,12-13,15-17H,6-7,10-11H2. The molecule has 0 aliphatic carbocycles. The molecule has 3 aromatic rings. The van der Waals surface area contributed by atoms with Crippen LogP contribution in [0.2, 0.25) is 0 Å². The predicted octanol–water partition coefficient (Wildman–Crippen LogP) is 3.35. The van der Waals surface area contributed by atoms with Gasteiger partial charge in [-0.3, -0.25) is 9.78 Å². The Labute approximate surface area is 162 Å². The lowest BCUT2D eigenvalue weighted by atomic mass is 9.99. The average molecular weight is 376 g/mol. The Balaban J connectivity index is 1.30. The van der Waals surface area contributed by atoms with E-state index in [1.165, 1.54) is 0 Å². The molecule has 0 N–H and O–H groups in total. The van der Waals surface area contributed by atoms with Gasteiger partial charge < -0.3 is 14.2 Å². The summed E-state index contributed by atoms with van der Waals surface area (Å²) in [5, 5.41) is 4.02. The van der Waals surface area contributed by atoms with E-state index in [2.05, 4.69) is 15.1 Å². The molecule has 2 saturated heterocycles. The van der Waals surface area contributed by atoms with Crippen LogP contribution in [0, 0.1) is 0 Å². The van der Waals surface area contributed by atoms with Crippen molar-refractivity contribution < 1.29 is 14.1 Å². The summed E-state index contributed by atoms with van der Waals surface area (Å²) in [5.74, 6) is 1.13. The number of hydrogen-bond acceptors (Lipinski definition) is 6. The summed E-state index contributed by atoms with van der Waals surface area (Å²) >= 11 is 0. The number of amides is 1. The first kappa shape index (κ1) is 16.9. The van der Waals surface area contributed by atoms with E-state index in [0.29, 0.717) is 17.3 Å². The van der Waals surface area contributed by atoms with Gasteiger partial charge in [-0.25, -0.2) is 4.98 Å². The van der Waals surface area contributed by atoms with E-state index >= 15 is 0 Å². The summed E-state index contributed by atoms with van der Waals surface area (Å²) in [4.78, 5) is 23.4. The molecular weight excluding hydrogens is 356 g/mol. The van der Waals surface area contributed by atoms with Gasteiger partial charge in [-0.2, -0.15) is 0 Å². The van der Waals surface area contributed by atoms with Gasteiger partial charge in [0.05, 0.1) is 0 Å². The number of rotatable bonds is 4. The first-order valence-corrected chi connectivity index (χ1v) is 9.55. The van der Waals surface area contributed by atoms with E-state index in [1.807, 2.05) is 35.2 Å². The van der Waals surface area contributed by atoms with E-state index < -0.39 is 0 Å². The molecule has 7 nitrogen and oxygen atoms in total. The van der Waals surface area contributed by atoms with E-state index in [0.717, 1.165) is 31.2 Å². The van der Waals surface area contributed by atoms with Gasteiger partial charge >= 0.3 is 0 Å². The summed E-state index contributed by atoms with van der Waals surface area (Å²) in [6.07, 6.45) is 8.81. The van der Waals surface area contributed by atoms with Gasteiger partial charge in [-0.15, -0.1) is 0 Å². The predicted molar refractivity (Wildman–Crippen MR) is 101 cm³/mol. The number of fused-ring (bicyclic) bond motifs is 2. The molecule has 0 spiro atoms. The molecule has 0 radical (unpaired) electrons. The molecule has 1 amide bonds. The quantitative estimate of drug-likeness (QED) is 0.695. The van der Waals surface area contributed by atoms with Crippen LogP contribution in [0.25, 0.3) is 11.3 Å². The Morgan fingerprint density at radius 3 is 2.68 bits per heavy atom. The zero-order valence-electron chi connectivity index (χ0n) is 15.3. The first-order valence-electron chi connectivity index (χ1n) is 9.55. The molecule has 0 aromatic carbocycles. The van der Waals surface area contributed by atoms with Crippen molar-refractivity contribution in [2.75, 3.05) is 0 Å². The van der Waals surface area contributed by atoms with Crippen molar-refractivity contribution in [3.63, 3.8) is 0 Å². The lowest BCUT2D eigenvalue weighted by molar-refractivity contribution is 0.0340. The Kier molecular flexibility index (Phi) is 4.27. The number of piperidine rings is 1. The smallest absolute Gasteiger partial charge is 0.276 e. The van der Waals surface area contributed by atoms with Crippen molar-refractivity contribution >= 4 is 5.91 Å². The SMILES string of the molecule is O=C(c1cc(-c2cccnc2)on1)N1C2CCC1CC(Oc1ccccn1)C2. The van der Waals surface area contributed by atoms with Crippen molar-refractivity contribution in [2.45, 2.75) is 43.9 Å². The Morgan fingerprint density at radius 1 is 1.11 bits per heavy atom. The molecular formula is C21H20N4O3. The van der Waals surface area contributed by atoms with Gasteiger partial charge in [0.2, 0.25) is 5.88 Å². The van der Waals surface area contributed by atoms with Gasteiger partial charge in [0, 0.05) is 61.2 Å². The molecule has 28 heavy (non-hydrogen) atoms. The number of nitrogens with zero attached hydrogens (tertiary/aromatic N) is 4. The van der Waals surface area contributed by atoms with Gasteiger partial charge in [-0.05, 0) is 31.0 Å². The number of carbonyl (C=O) groups excluding carboxylic acids is 1. The van der Waals surface area contributed by atoms with Crippen LogP contribution >= 0.6 is 0 Å². The Hall–Kier alpha value is -3.22. The van der Waals surface area contributed by atoms with E-state index in [-0.39, 0.29) is 24.1 Å². The topological polar surface area (TPSA) is 81.4 Å². The van der Waals surface area contributed by atoms with Crippen molar-refractivity contribution in [3.8, 4) is 17.2 Å². The normalized spacial score (nSPS) is 23.6. The van der Waals surface area contributed by atoms with Crippen LogP contribution in [0.5, 0.6) is 5.88 Å². The molecule has 5 rings (SSSR count). The maximum absolute atomic E-state index is 13.1. The van der Waals surface area contributed by atoms with Gasteiger partial charge in [-0.1, -0.05) is 11.2 Å². The van der Waals surface area contributed by atoms with E-state index in [9.17, 15) is 4.79 Å². The summed E-state index contributed by atoms with van der Waals surface area (Å²) in [6.45, 7) is 0. The molecule has 2 aliphatic rings. The number of pyridine rings is 2. The largest absolute Gasteiger partial charge is 0.474 e. The third kappa shape index (κ3) is 3.13. The third-order valence-electron chi connectivity index (χ3n) is 5.52. The summed E-state index contributed by atoms with van der Waals surface area (Å²) in [6, 6.07) is 11.4. The molecule has 2 fully saturated rings. The van der Waals surface area contributed by atoms with Crippen molar-refractivity contribution in [3.05, 3.63) is 60.7 Å². The zero-order valence-corrected chi connectivity index (χ0v) is 15.3. The van der Waals surface area contributed by atoms with Gasteiger partial charge in [0.1, 0.15) is 6.10 Å². The van der Waals surface area contributed by atoms with Crippen molar-refractivity contribution in [1.82, 2.24) is 20.0 Å². The highest BCUT2D eigenvalue weighted by Gasteiger charge is 2.45. The fourth-order valence-electron chi connectivity index (χ4n) is 4.30. The lowest BCUT2D eigenvalue weighted by Gasteiger charge is -2.38. The first-order chi connectivity index (χ1) is 13.8. The second-order valence-electron chi connectivity index (χ2n) is 7.29. The van der Waals surface area contributed by atoms with Crippen LogP contribution in [-0.4, -0.2) is 44.1 Å². The maximum atomic E-state index is 13.1. The highest BCUT2D eigenvalue weighted by Crippen LogP contribution is 2.38. The molecule has 0 saturated carbocycles. The minimum absolute atomic E-state index is 0.0670. The number of carbonyl (C=O) groups is 1. The van der Waals surface area contributed by atoms with Gasteiger partial charge in [0.15, 0.2) is 11.5 Å². The van der Waals surface area contributed by atoms with E-state index in [1.54, 1.807) is 24.7 Å². The van der Waals surface area contributed by atoms with Crippen LogP contribution in [0.3, 0.4) is 0 Å². The van der Waals surface area contributed by atoms with Crippen LogP contribution in [0.15, 0.2) is 59.5 Å². The molecule has 2 bridgehead atoms. The number of aromatic nitrogens is 3. The third-order valence-corrected chi connectivity index (χ3v) is 5.52. The minimum Gasteiger partial charge on any atom is -0.474 e. The fraction of sp³-hybridized carbons (Fsp3) is 0.333. The van der Waals surface area contributed by atoms with Crippen LogP contribution in [0.4, 0.5) is 0 Å². The number of hydrogen-bond donors (Lipinski definition) is 0. The zero-order chi connectivity index (χ0) is 18.9. The number of ether oxygens (including phenoxy) is 1. The Bertz CT molecular complexity index is 946. The summed E-state index contributed by atoms with van der Waals surface area (Å²) in [7, 11) is 0. The molecule has 142 valence electrons. The van der Waals surface area contributed by atoms with Crippen molar-refractivity contribution in [1.29, 1.82) is 0 Å². The molecule has 2 unspecified atom stereocenters. The molecule has 5 heterocycles. The fourth-order valence-corrected chi connectivity index (χ4v) is 4.30. The second kappa shape index (κ2) is 7.07. The van der Waals surface area contributed by atoms with Crippen LogP contribution in [-0.2, 0) is 0 Å². The lowest BCUT2D eigenvalue weighted by Crippen LogP contribution is -2.49. The molecule has 7 heteroatoms. The highest BCUT2D eigenvalue weighted by molar-refractivity contribution is 5.93. The molecule has 2 atom stereocenters. The highest BCUT2D eigenvalue weighted by atomic mass is 16.5. The van der Waals surface area contributed by atoms with E-state index in [4.69, 9.17) is 9.26 Å². The van der Waals surface area contributed by atoms with Gasteiger partial charge in [0.25, 0.3) is 5.91 Å². The maximum Gasteiger partial charge on any atom is 0.276 e. The molecule has 2 aliphatic heterocycles. The summed E-state index contributed by atoms with van der Waals surface area (Å²) < 4.78 is 11.4.